The lowest BCUT2D eigenvalue weighted by molar-refractivity contribution is -0.134. The van der Waals surface area contributed by atoms with Gasteiger partial charge in [-0.05, 0) is 62.4 Å². The lowest BCUT2D eigenvalue weighted by Gasteiger charge is -2.13. The molecule has 0 spiro atoms. The van der Waals surface area contributed by atoms with E-state index in [1.807, 2.05) is 13.8 Å². The number of benzene rings is 4. The third kappa shape index (κ3) is 14.1. The minimum atomic E-state index is -1.26. The molecule has 2 heterocycles. The predicted molar refractivity (Wildman–Crippen MR) is 246 cm³/mol. The summed E-state index contributed by atoms with van der Waals surface area (Å²) in [5, 5.41) is 28.0. The summed E-state index contributed by atoms with van der Waals surface area (Å²) in [6, 6.07) is 18.8. The highest BCUT2D eigenvalue weighted by Crippen LogP contribution is 2.37. The number of aromatic nitrogens is 2. The van der Waals surface area contributed by atoms with Crippen LogP contribution in [0.5, 0.6) is 34.5 Å². The number of pyridine rings is 2. The summed E-state index contributed by atoms with van der Waals surface area (Å²) in [4.78, 5) is 74.5. The number of fused-ring (bicyclic) bond motifs is 2. The van der Waals surface area contributed by atoms with Crippen molar-refractivity contribution < 1.29 is 57.9 Å². The quantitative estimate of drug-likeness (QED) is 0.0489. The maximum Gasteiger partial charge on any atom is 0.328 e. The van der Waals surface area contributed by atoms with Crippen molar-refractivity contribution in [2.24, 2.45) is 11.5 Å². The first-order chi connectivity index (χ1) is 31.5. The maximum atomic E-state index is 11.7. The van der Waals surface area contributed by atoms with Gasteiger partial charge in [0, 0.05) is 72.7 Å². The third-order valence-electron chi connectivity index (χ3n) is 8.45. The Hall–Kier alpha value is -8.36. The Morgan fingerprint density at radius 3 is 1.27 bits per heavy atom. The summed E-state index contributed by atoms with van der Waals surface area (Å²) in [6.45, 7) is 4.63. The van der Waals surface area contributed by atoms with Crippen LogP contribution in [-0.4, -0.2) is 83.3 Å². The van der Waals surface area contributed by atoms with E-state index in [0.717, 1.165) is 0 Å². The van der Waals surface area contributed by atoms with Gasteiger partial charge in [0.1, 0.15) is 34.5 Å². The number of methoxy groups -OCH3 is 2. The zero-order chi connectivity index (χ0) is 48.5. The third-order valence-corrected chi connectivity index (χ3v) is 9.08. The molecule has 0 saturated heterocycles. The van der Waals surface area contributed by atoms with Crippen molar-refractivity contribution in [3.05, 3.63) is 119 Å². The van der Waals surface area contributed by atoms with Gasteiger partial charge in [-0.25, -0.2) is 19.2 Å². The molecule has 4 aromatic carbocycles. The van der Waals surface area contributed by atoms with Crippen LogP contribution in [-0.2, 0) is 9.59 Å². The van der Waals surface area contributed by atoms with Gasteiger partial charge in [0.2, 0.25) is 0 Å². The molecule has 6 aromatic rings. The smallest absolute Gasteiger partial charge is 0.328 e. The molecule has 0 saturated carbocycles. The highest BCUT2D eigenvalue weighted by molar-refractivity contribution is 6.34. The molecule has 0 aliphatic carbocycles. The van der Waals surface area contributed by atoms with Gasteiger partial charge in [0.25, 0.3) is 11.8 Å². The normalized spacial score (nSPS) is 10.3. The number of carboxylic acids is 2. The number of primary amides is 2. The van der Waals surface area contributed by atoms with Gasteiger partial charge in [-0.15, -0.1) is 0 Å². The second-order valence-electron chi connectivity index (χ2n) is 13.0. The number of nitrogens with one attached hydrogen (secondary N) is 4. The molecule has 0 aliphatic heterocycles. The molecule has 0 unspecified atom stereocenters. The number of carboxylic acid groups (broad SMARTS) is 2. The van der Waals surface area contributed by atoms with Gasteiger partial charge in [-0.1, -0.05) is 23.2 Å². The van der Waals surface area contributed by atoms with Crippen LogP contribution >= 0.6 is 23.2 Å². The number of anilines is 2. The summed E-state index contributed by atoms with van der Waals surface area (Å²) in [5.41, 5.74) is 13.4. The fourth-order valence-corrected chi connectivity index (χ4v) is 6.01. The second kappa shape index (κ2) is 23.9. The number of amides is 6. The van der Waals surface area contributed by atoms with E-state index in [1.54, 1.807) is 85.2 Å². The van der Waals surface area contributed by atoms with Crippen molar-refractivity contribution in [2.45, 2.75) is 13.8 Å². The Labute approximate surface area is 385 Å². The minimum Gasteiger partial charge on any atom is -0.496 e. The topological polar surface area (TPSA) is 306 Å². The van der Waals surface area contributed by atoms with E-state index in [1.165, 1.54) is 14.2 Å². The Morgan fingerprint density at radius 2 is 0.970 bits per heavy atom. The summed E-state index contributed by atoms with van der Waals surface area (Å²) >= 11 is 12.5. The Morgan fingerprint density at radius 1 is 0.591 bits per heavy atom. The first-order valence-electron chi connectivity index (χ1n) is 19.2. The zero-order valence-electron chi connectivity index (χ0n) is 35.4. The molecule has 2 aromatic heterocycles. The second-order valence-corrected chi connectivity index (χ2v) is 13.8. The van der Waals surface area contributed by atoms with Crippen molar-refractivity contribution >= 4 is 92.2 Å². The number of halogens is 2. The summed E-state index contributed by atoms with van der Waals surface area (Å²) in [7, 11) is 2.90. The first-order valence-corrected chi connectivity index (χ1v) is 19.9. The van der Waals surface area contributed by atoms with E-state index >= 15 is 0 Å². The molecule has 0 aliphatic rings. The molecule has 0 fully saturated rings. The number of nitrogens with two attached hydrogens (primary N) is 2. The van der Waals surface area contributed by atoms with Crippen LogP contribution in [0.4, 0.5) is 21.0 Å². The SMILES string of the molecule is CCNC(=O)Nc1ccc(Oc2ccnc3cc(OC)c(C(N)=O)cc23)cc1Cl.CCNC(=O)Nc1ccc(Oc2ccnc3cc(OC)c(C(N)=O)cc23)cc1Cl.O=C(O)/C=C\C(=O)O. The van der Waals surface area contributed by atoms with Gasteiger partial charge in [0.15, 0.2) is 0 Å². The zero-order valence-corrected chi connectivity index (χ0v) is 36.9. The van der Waals surface area contributed by atoms with Gasteiger partial charge in [-0.2, -0.15) is 0 Å². The van der Waals surface area contributed by atoms with Crippen LogP contribution in [0, 0.1) is 0 Å². The minimum absolute atomic E-state index is 0.220. The average molecular weight is 946 g/mol. The van der Waals surface area contributed by atoms with Crippen molar-refractivity contribution in [3.8, 4) is 34.5 Å². The molecule has 6 amide bonds. The number of rotatable bonds is 14. The van der Waals surface area contributed by atoms with Crippen molar-refractivity contribution in [1.82, 2.24) is 20.6 Å². The van der Waals surface area contributed by atoms with Crippen molar-refractivity contribution in [3.63, 3.8) is 0 Å². The summed E-state index contributed by atoms with van der Waals surface area (Å²) in [6.07, 6.45) is 4.27. The molecule has 0 radical (unpaired) electrons. The van der Waals surface area contributed by atoms with Gasteiger partial charge >= 0.3 is 24.0 Å². The monoisotopic (exact) mass is 944 g/mol. The Kier molecular flexibility index (Phi) is 18.2. The number of aliphatic carboxylic acids is 2. The van der Waals surface area contributed by atoms with Gasteiger partial charge in [0.05, 0.1) is 57.8 Å². The fraction of sp³-hybridized carbons (Fsp3) is 0.136. The number of carbonyl (C=O) groups excluding carboxylic acids is 4. The largest absolute Gasteiger partial charge is 0.496 e. The van der Waals surface area contributed by atoms with E-state index in [4.69, 9.17) is 63.8 Å². The van der Waals surface area contributed by atoms with Crippen LogP contribution in [0.2, 0.25) is 10.0 Å². The van der Waals surface area contributed by atoms with E-state index < -0.39 is 23.8 Å². The Bertz CT molecular complexity index is 2640. The molecule has 10 N–H and O–H groups in total. The predicted octanol–water partition coefficient (Wildman–Crippen LogP) is 7.57. The molecule has 0 atom stereocenters. The number of nitrogens with zero attached hydrogens (tertiary/aromatic N) is 2. The van der Waals surface area contributed by atoms with Gasteiger partial charge < -0.3 is 61.9 Å². The molecule has 6 rings (SSSR count). The lowest BCUT2D eigenvalue weighted by atomic mass is 10.1. The highest BCUT2D eigenvalue weighted by atomic mass is 35.5. The molecular formula is C44H42Cl2N8O12. The maximum absolute atomic E-state index is 11.7. The number of ether oxygens (including phenoxy) is 4. The van der Waals surface area contributed by atoms with Crippen LogP contribution in [0.25, 0.3) is 21.8 Å². The number of urea groups is 2. The molecule has 66 heavy (non-hydrogen) atoms. The van der Waals surface area contributed by atoms with Crippen molar-refractivity contribution in [1.29, 1.82) is 0 Å². The average Bonchev–Trinajstić information content (AvgIpc) is 3.27. The molecular weight excluding hydrogens is 903 g/mol. The highest BCUT2D eigenvalue weighted by Gasteiger charge is 2.17. The van der Waals surface area contributed by atoms with Crippen LogP contribution < -0.4 is 51.7 Å². The van der Waals surface area contributed by atoms with Crippen LogP contribution in [0.15, 0.2) is 97.3 Å². The summed E-state index contributed by atoms with van der Waals surface area (Å²) < 4.78 is 22.3. The first kappa shape index (κ1) is 50.3. The molecule has 0 bridgehead atoms. The number of hydrogen-bond donors (Lipinski definition) is 8. The lowest BCUT2D eigenvalue weighted by Crippen LogP contribution is -2.28. The van der Waals surface area contributed by atoms with E-state index in [9.17, 15) is 28.8 Å². The van der Waals surface area contributed by atoms with Crippen molar-refractivity contribution in [2.75, 3.05) is 37.9 Å². The molecule has 344 valence electrons. The number of hydrogen-bond acceptors (Lipinski definition) is 12. The standard InChI is InChI=1S/2C20H19ClN4O4.C4H4O4/c2*1-3-23-20(27)25-15-5-4-11(8-14(15)21)29-17-6-7-24-16-10-18(28-2)13(19(22)26)9-12(16)17;5-3(6)1-2-4(7)8/h2*4-10H,3H2,1-2H3,(H2,22,26)(H2,23,25,27);1-2H,(H,5,6)(H,7,8)/b;;2-1-. The number of carbonyl (C=O) groups is 6. The molecule has 22 heteroatoms. The molecule has 20 nitrogen and oxygen atoms in total. The van der Waals surface area contributed by atoms with Crippen LogP contribution in [0.1, 0.15) is 34.6 Å². The fourth-order valence-electron chi connectivity index (χ4n) is 5.57. The van der Waals surface area contributed by atoms with E-state index in [-0.39, 0.29) is 23.2 Å². The van der Waals surface area contributed by atoms with E-state index in [2.05, 4.69) is 31.2 Å². The van der Waals surface area contributed by atoms with E-state index in [0.29, 0.717) is 103 Å². The Balaban J connectivity index is 0.000000248. The van der Waals surface area contributed by atoms with Crippen LogP contribution in [0.3, 0.4) is 0 Å². The summed E-state index contributed by atoms with van der Waals surface area (Å²) in [5.74, 6) is -1.29. The van der Waals surface area contributed by atoms with Gasteiger partial charge in [-0.3, -0.25) is 19.6 Å².